The molecule has 0 spiro atoms. The first-order chi connectivity index (χ1) is 9.10. The number of anilines is 1. The monoisotopic (exact) mass is 322 g/mol. The largest absolute Gasteiger partial charge is 0.496 e. The molecule has 0 saturated carbocycles. The van der Waals surface area contributed by atoms with Crippen LogP contribution in [-0.2, 0) is 13.6 Å². The maximum Gasteiger partial charge on any atom is 0.250 e. The van der Waals surface area contributed by atoms with E-state index in [0.29, 0.717) is 6.54 Å². The zero-order valence-corrected chi connectivity index (χ0v) is 12.4. The highest BCUT2D eigenvalue weighted by Gasteiger charge is 2.04. The van der Waals surface area contributed by atoms with Crippen LogP contribution in [0, 0.1) is 0 Å². The molecule has 1 N–H and O–H groups in total. The third kappa shape index (κ3) is 3.38. The Morgan fingerprint density at radius 2 is 2.11 bits per heavy atom. The number of halogens is 1. The number of benzene rings is 1. The van der Waals surface area contributed by atoms with E-state index in [2.05, 4.69) is 21.2 Å². The predicted octanol–water partition coefficient (Wildman–Crippen LogP) is 2.77. The molecule has 0 aliphatic carbocycles. The lowest BCUT2D eigenvalue weighted by atomic mass is 10.2. The number of nitrogens with one attached hydrogen (secondary N) is 1. The second-order valence-electron chi connectivity index (χ2n) is 4.18. The molecule has 0 amide bonds. The minimum Gasteiger partial charge on any atom is -0.496 e. The van der Waals surface area contributed by atoms with Crippen molar-refractivity contribution in [2.75, 3.05) is 12.4 Å². The smallest absolute Gasteiger partial charge is 0.250 e. The number of hydrogen-bond donors (Lipinski definition) is 1. The molecule has 0 atom stereocenters. The van der Waals surface area contributed by atoms with Gasteiger partial charge in [0.15, 0.2) is 0 Å². The van der Waals surface area contributed by atoms with Crippen molar-refractivity contribution in [1.29, 1.82) is 0 Å². The van der Waals surface area contributed by atoms with Gasteiger partial charge in [-0.3, -0.25) is 4.79 Å². The third-order valence-corrected chi connectivity index (χ3v) is 3.30. The Bertz CT molecular complexity index is 638. The molecule has 1 aromatic heterocycles. The van der Waals surface area contributed by atoms with Gasteiger partial charge in [-0.05, 0) is 24.3 Å². The van der Waals surface area contributed by atoms with Crippen LogP contribution in [0.2, 0.25) is 0 Å². The Balaban J connectivity index is 2.16. The topological polar surface area (TPSA) is 43.3 Å². The van der Waals surface area contributed by atoms with Crippen molar-refractivity contribution in [3.63, 3.8) is 0 Å². The highest BCUT2D eigenvalue weighted by atomic mass is 79.9. The summed E-state index contributed by atoms with van der Waals surface area (Å²) < 4.78 is 7.86. The average Bonchev–Trinajstić information content (AvgIpc) is 2.40. The summed E-state index contributed by atoms with van der Waals surface area (Å²) in [5.41, 5.74) is 1.92. The number of hydrogen-bond acceptors (Lipinski definition) is 3. The molecule has 0 radical (unpaired) electrons. The summed E-state index contributed by atoms with van der Waals surface area (Å²) in [5.74, 6) is 0.834. The molecule has 1 aromatic carbocycles. The van der Waals surface area contributed by atoms with Crippen LogP contribution in [0.3, 0.4) is 0 Å². The first-order valence-electron chi connectivity index (χ1n) is 5.83. The zero-order valence-electron chi connectivity index (χ0n) is 10.8. The van der Waals surface area contributed by atoms with Crippen molar-refractivity contribution in [1.82, 2.24) is 4.57 Å². The maximum atomic E-state index is 11.3. The fraction of sp³-hybridized carbons (Fsp3) is 0.214. The van der Waals surface area contributed by atoms with Gasteiger partial charge in [-0.25, -0.2) is 0 Å². The minimum atomic E-state index is -0.0226. The van der Waals surface area contributed by atoms with E-state index < -0.39 is 0 Å². The standard InChI is InChI=1S/C14H15BrN2O2/c1-17-9-12(4-6-14(17)18)16-8-10-7-11(15)3-5-13(10)19-2/h3-7,9,16H,8H2,1-2H3. The first-order valence-corrected chi connectivity index (χ1v) is 6.62. The molecule has 2 rings (SSSR count). The second kappa shape index (κ2) is 5.93. The predicted molar refractivity (Wildman–Crippen MR) is 79.7 cm³/mol. The molecule has 100 valence electrons. The maximum absolute atomic E-state index is 11.3. The van der Waals surface area contributed by atoms with Crippen molar-refractivity contribution < 1.29 is 4.74 Å². The summed E-state index contributed by atoms with van der Waals surface area (Å²) >= 11 is 3.44. The normalized spacial score (nSPS) is 10.3. The van der Waals surface area contributed by atoms with Crippen LogP contribution in [-0.4, -0.2) is 11.7 Å². The Morgan fingerprint density at radius 1 is 1.32 bits per heavy atom. The van der Waals surface area contributed by atoms with E-state index in [9.17, 15) is 4.79 Å². The number of nitrogens with zero attached hydrogens (tertiary/aromatic N) is 1. The van der Waals surface area contributed by atoms with Crippen LogP contribution in [0.4, 0.5) is 5.69 Å². The molecule has 0 bridgehead atoms. The molecule has 0 aliphatic rings. The summed E-state index contributed by atoms with van der Waals surface area (Å²) in [5, 5.41) is 3.27. The van der Waals surface area contributed by atoms with Gasteiger partial charge in [0.25, 0.3) is 0 Å². The van der Waals surface area contributed by atoms with Crippen LogP contribution >= 0.6 is 15.9 Å². The third-order valence-electron chi connectivity index (χ3n) is 2.81. The van der Waals surface area contributed by atoms with E-state index in [-0.39, 0.29) is 5.56 Å². The van der Waals surface area contributed by atoms with Gasteiger partial charge >= 0.3 is 0 Å². The summed E-state index contributed by atoms with van der Waals surface area (Å²) in [6.07, 6.45) is 1.77. The molecule has 0 aliphatic heterocycles. The van der Waals surface area contributed by atoms with Crippen LogP contribution in [0.1, 0.15) is 5.56 Å². The van der Waals surface area contributed by atoms with Gasteiger partial charge < -0.3 is 14.6 Å². The molecule has 5 heteroatoms. The zero-order chi connectivity index (χ0) is 13.8. The van der Waals surface area contributed by atoms with Gasteiger partial charge in [0.1, 0.15) is 5.75 Å². The summed E-state index contributed by atoms with van der Waals surface area (Å²) in [4.78, 5) is 11.3. The average molecular weight is 323 g/mol. The van der Waals surface area contributed by atoms with Gasteiger partial charge in [-0.1, -0.05) is 15.9 Å². The Labute approximate surface area is 120 Å². The lowest BCUT2D eigenvalue weighted by molar-refractivity contribution is 0.410. The van der Waals surface area contributed by atoms with E-state index in [1.165, 1.54) is 0 Å². The molecule has 19 heavy (non-hydrogen) atoms. The molecule has 1 heterocycles. The Kier molecular flexibility index (Phi) is 4.27. The van der Waals surface area contributed by atoms with E-state index in [0.717, 1.165) is 21.5 Å². The van der Waals surface area contributed by atoms with E-state index >= 15 is 0 Å². The summed E-state index contributed by atoms with van der Waals surface area (Å²) in [6.45, 7) is 0.626. The fourth-order valence-electron chi connectivity index (χ4n) is 1.78. The van der Waals surface area contributed by atoms with Gasteiger partial charge in [0, 0.05) is 35.9 Å². The van der Waals surface area contributed by atoms with E-state index in [1.807, 2.05) is 18.2 Å². The number of methoxy groups -OCH3 is 1. The van der Waals surface area contributed by atoms with Gasteiger partial charge in [-0.15, -0.1) is 0 Å². The molecule has 4 nitrogen and oxygen atoms in total. The molecular weight excluding hydrogens is 308 g/mol. The van der Waals surface area contributed by atoms with Crippen molar-refractivity contribution in [3.05, 3.63) is 56.9 Å². The van der Waals surface area contributed by atoms with E-state index in [1.54, 1.807) is 37.1 Å². The SMILES string of the molecule is COc1ccc(Br)cc1CNc1ccc(=O)n(C)c1. The first kappa shape index (κ1) is 13.7. The van der Waals surface area contributed by atoms with Crippen LogP contribution in [0.25, 0.3) is 0 Å². The van der Waals surface area contributed by atoms with Gasteiger partial charge in [0.2, 0.25) is 5.56 Å². The van der Waals surface area contributed by atoms with Crippen molar-refractivity contribution in [2.24, 2.45) is 7.05 Å². The highest BCUT2D eigenvalue weighted by Crippen LogP contribution is 2.23. The number of ether oxygens (including phenoxy) is 1. The number of pyridine rings is 1. The Hall–Kier alpha value is -1.75. The van der Waals surface area contributed by atoms with Gasteiger partial charge in [-0.2, -0.15) is 0 Å². The number of aryl methyl sites for hydroxylation is 1. The summed E-state index contributed by atoms with van der Waals surface area (Å²) in [6, 6.07) is 9.18. The minimum absolute atomic E-state index is 0.0226. The van der Waals surface area contributed by atoms with Crippen LogP contribution < -0.4 is 15.6 Å². The molecule has 2 aromatic rings. The Morgan fingerprint density at radius 3 is 2.79 bits per heavy atom. The van der Waals surface area contributed by atoms with E-state index in [4.69, 9.17) is 4.74 Å². The van der Waals surface area contributed by atoms with Gasteiger partial charge in [0.05, 0.1) is 12.8 Å². The lowest BCUT2D eigenvalue weighted by Crippen LogP contribution is -2.15. The fourth-order valence-corrected chi connectivity index (χ4v) is 2.19. The van der Waals surface area contributed by atoms with Crippen LogP contribution in [0.5, 0.6) is 5.75 Å². The quantitative estimate of drug-likeness (QED) is 0.941. The molecule has 0 fully saturated rings. The highest BCUT2D eigenvalue weighted by molar-refractivity contribution is 9.10. The molecule has 0 unspecified atom stereocenters. The van der Waals surface area contributed by atoms with Crippen LogP contribution in [0.15, 0.2) is 45.8 Å². The summed E-state index contributed by atoms with van der Waals surface area (Å²) in [7, 11) is 3.38. The van der Waals surface area contributed by atoms with Crippen molar-refractivity contribution in [2.45, 2.75) is 6.54 Å². The molecular formula is C14H15BrN2O2. The number of rotatable bonds is 4. The van der Waals surface area contributed by atoms with Crippen molar-refractivity contribution >= 4 is 21.6 Å². The second-order valence-corrected chi connectivity index (χ2v) is 5.09. The number of aromatic nitrogens is 1. The molecule has 0 saturated heterocycles. The van der Waals surface area contributed by atoms with Crippen molar-refractivity contribution in [3.8, 4) is 5.75 Å². The lowest BCUT2D eigenvalue weighted by Gasteiger charge is -2.11.